The fourth-order valence-electron chi connectivity index (χ4n) is 5.52. The van der Waals surface area contributed by atoms with E-state index in [2.05, 4.69) is 11.8 Å². The van der Waals surface area contributed by atoms with Gasteiger partial charge in [-0.3, -0.25) is 0 Å². The minimum atomic E-state index is -0.500. The average molecular weight is 645 g/mol. The van der Waals surface area contributed by atoms with E-state index >= 15 is 0 Å². The number of hydrogen-bond donors (Lipinski definition) is 0. The van der Waals surface area contributed by atoms with Gasteiger partial charge in [0.2, 0.25) is 0 Å². The Kier molecular flexibility index (Phi) is 10.2. The van der Waals surface area contributed by atoms with Crippen LogP contribution in [-0.4, -0.2) is 25.2 Å². The van der Waals surface area contributed by atoms with Gasteiger partial charge >= 0.3 is 11.9 Å². The van der Waals surface area contributed by atoms with Crippen LogP contribution >= 0.6 is 0 Å². The zero-order valence-corrected chi connectivity index (χ0v) is 26.7. The summed E-state index contributed by atoms with van der Waals surface area (Å²) in [5.74, 6) is 5.23. The number of hydrogen-bond acceptors (Lipinski definition) is 6. The fourth-order valence-corrected chi connectivity index (χ4v) is 5.52. The van der Waals surface area contributed by atoms with Gasteiger partial charge in [0, 0.05) is 28.7 Å². The zero-order chi connectivity index (χ0) is 34.0. The first-order chi connectivity index (χ1) is 24.0. The molecular formula is C43H32O6. The molecule has 0 aromatic heterocycles. The maximum atomic E-state index is 12.7. The van der Waals surface area contributed by atoms with E-state index < -0.39 is 11.9 Å². The predicted molar refractivity (Wildman–Crippen MR) is 190 cm³/mol. The molecule has 0 radical (unpaired) electrons. The van der Waals surface area contributed by atoms with Crippen LogP contribution in [0.2, 0.25) is 0 Å². The molecule has 0 aliphatic rings. The lowest BCUT2D eigenvalue weighted by Gasteiger charge is -2.18. The Bertz CT molecular complexity index is 2040. The number of fused-ring (bicyclic) bond motifs is 2. The van der Waals surface area contributed by atoms with E-state index in [1.54, 1.807) is 24.3 Å². The summed E-state index contributed by atoms with van der Waals surface area (Å²) in [5.41, 5.74) is 4.90. The first kappa shape index (κ1) is 32.4. The molecule has 0 N–H and O–H groups in total. The smallest absolute Gasteiger partial charge is 0.344 e. The summed E-state index contributed by atoms with van der Waals surface area (Å²) >= 11 is 0. The second-order valence-electron chi connectivity index (χ2n) is 11.3. The number of carbonyl (C=O) groups is 2. The first-order valence-corrected chi connectivity index (χ1v) is 15.7. The van der Waals surface area contributed by atoms with Gasteiger partial charge in [-0.15, -0.1) is 12.8 Å². The minimum Gasteiger partial charge on any atom is -0.482 e. The summed E-state index contributed by atoms with van der Waals surface area (Å²) in [5, 5.41) is 3.97. The van der Waals surface area contributed by atoms with Crippen molar-refractivity contribution in [2.75, 3.05) is 13.2 Å². The topological polar surface area (TPSA) is 71.1 Å². The van der Waals surface area contributed by atoms with Crippen molar-refractivity contribution in [3.63, 3.8) is 0 Å². The predicted octanol–water partition coefficient (Wildman–Crippen LogP) is 7.79. The van der Waals surface area contributed by atoms with E-state index in [9.17, 15) is 9.59 Å². The largest absolute Gasteiger partial charge is 0.482 e. The summed E-state index contributed by atoms with van der Waals surface area (Å²) in [6, 6.07) is 38.1. The van der Waals surface area contributed by atoms with Crippen LogP contribution in [0.1, 0.15) is 33.4 Å². The van der Waals surface area contributed by atoms with Gasteiger partial charge in [-0.2, -0.15) is 0 Å². The molecule has 0 spiro atoms. The Morgan fingerprint density at radius 3 is 1.33 bits per heavy atom. The van der Waals surface area contributed by atoms with Crippen molar-refractivity contribution in [3.8, 4) is 36.2 Å². The molecule has 6 rings (SSSR count). The Hall–Kier alpha value is -6.50. The SMILES string of the molecule is C#Cc1ccc(COC(=O)COc2ccc3ccccc3c2Cc2c(OCC(=O)OCc3ccc(C#C)cc3)ccc3ccccc23)cc1. The summed E-state index contributed by atoms with van der Waals surface area (Å²) < 4.78 is 23.2. The van der Waals surface area contributed by atoms with Gasteiger partial charge in [-0.05, 0) is 69.1 Å². The molecule has 6 aromatic rings. The van der Waals surface area contributed by atoms with Gasteiger partial charge in [0.25, 0.3) is 0 Å². The molecule has 6 heteroatoms. The van der Waals surface area contributed by atoms with Crippen molar-refractivity contribution in [1.82, 2.24) is 0 Å². The molecule has 0 aliphatic carbocycles. The highest BCUT2D eigenvalue weighted by molar-refractivity contribution is 5.92. The van der Waals surface area contributed by atoms with Crippen molar-refractivity contribution in [1.29, 1.82) is 0 Å². The molecule has 6 nitrogen and oxygen atoms in total. The maximum Gasteiger partial charge on any atom is 0.344 e. The molecule has 0 atom stereocenters. The molecule has 0 amide bonds. The summed E-state index contributed by atoms with van der Waals surface area (Å²) in [7, 11) is 0. The van der Waals surface area contributed by atoms with E-state index in [1.165, 1.54) is 0 Å². The molecule has 6 aromatic carbocycles. The van der Waals surface area contributed by atoms with Crippen LogP contribution in [0.15, 0.2) is 121 Å². The number of carbonyl (C=O) groups excluding carboxylic acids is 2. The molecule has 49 heavy (non-hydrogen) atoms. The average Bonchev–Trinajstić information content (AvgIpc) is 3.15. The van der Waals surface area contributed by atoms with Crippen molar-refractivity contribution in [3.05, 3.63) is 155 Å². The molecule has 0 fully saturated rings. The third-order valence-electron chi connectivity index (χ3n) is 8.08. The molecule has 240 valence electrons. The van der Waals surface area contributed by atoms with Gasteiger partial charge < -0.3 is 18.9 Å². The van der Waals surface area contributed by atoms with Crippen LogP contribution in [-0.2, 0) is 38.7 Å². The highest BCUT2D eigenvalue weighted by Gasteiger charge is 2.18. The molecule has 0 aliphatic heterocycles. The third kappa shape index (κ3) is 8.08. The third-order valence-corrected chi connectivity index (χ3v) is 8.08. The van der Waals surface area contributed by atoms with E-state index in [0.29, 0.717) is 17.9 Å². The lowest BCUT2D eigenvalue weighted by atomic mass is 9.93. The minimum absolute atomic E-state index is 0.106. The number of terminal acetylenes is 2. The summed E-state index contributed by atoms with van der Waals surface area (Å²) in [4.78, 5) is 25.5. The molecule has 0 heterocycles. The Balaban J connectivity index is 1.21. The van der Waals surface area contributed by atoms with E-state index in [0.717, 1.165) is 54.9 Å². The molecule has 0 bridgehead atoms. The summed E-state index contributed by atoms with van der Waals surface area (Å²) in [6.07, 6.45) is 11.3. The number of rotatable bonds is 12. The van der Waals surface area contributed by atoms with Gasteiger partial charge in [0.05, 0.1) is 0 Å². The highest BCUT2D eigenvalue weighted by atomic mass is 16.6. The van der Waals surface area contributed by atoms with E-state index in [-0.39, 0.29) is 26.4 Å². The van der Waals surface area contributed by atoms with Crippen LogP contribution < -0.4 is 9.47 Å². The van der Waals surface area contributed by atoms with Crippen LogP contribution in [0.4, 0.5) is 0 Å². The van der Waals surface area contributed by atoms with Gasteiger partial charge in [0.1, 0.15) is 24.7 Å². The fraction of sp³-hybridized carbons (Fsp3) is 0.116. The highest BCUT2D eigenvalue weighted by Crippen LogP contribution is 2.36. The van der Waals surface area contributed by atoms with Crippen LogP contribution in [0.25, 0.3) is 21.5 Å². The van der Waals surface area contributed by atoms with Gasteiger partial charge in [-0.1, -0.05) is 96.8 Å². The standard InChI is InChI=1S/C43H32O6/c1-3-30-13-17-32(18-14-30)26-48-42(44)28-46-40-23-21-34-9-5-7-11-36(34)38(40)25-39-37-12-8-6-10-35(37)22-24-41(39)47-29-43(45)49-27-33-19-15-31(4-2)16-20-33/h1-2,5-24H,25-29H2. The molecule has 0 saturated carbocycles. The normalized spacial score (nSPS) is 10.6. The quantitative estimate of drug-likeness (QED) is 0.100. The lowest BCUT2D eigenvalue weighted by molar-refractivity contribution is -0.148. The molecule has 0 unspecified atom stereocenters. The maximum absolute atomic E-state index is 12.7. The van der Waals surface area contributed by atoms with Crippen molar-refractivity contribution in [2.45, 2.75) is 19.6 Å². The van der Waals surface area contributed by atoms with Crippen molar-refractivity contribution in [2.24, 2.45) is 0 Å². The Morgan fingerprint density at radius 1 is 0.510 bits per heavy atom. The lowest BCUT2D eigenvalue weighted by Crippen LogP contribution is -2.16. The molecular weight excluding hydrogens is 612 g/mol. The second kappa shape index (κ2) is 15.4. The molecule has 0 saturated heterocycles. The van der Waals surface area contributed by atoms with Crippen LogP contribution in [0, 0.1) is 24.7 Å². The van der Waals surface area contributed by atoms with Crippen molar-refractivity contribution < 1.29 is 28.5 Å². The van der Waals surface area contributed by atoms with E-state index in [4.69, 9.17) is 31.8 Å². The second-order valence-corrected chi connectivity index (χ2v) is 11.3. The van der Waals surface area contributed by atoms with Crippen LogP contribution in [0.5, 0.6) is 11.5 Å². The monoisotopic (exact) mass is 644 g/mol. The van der Waals surface area contributed by atoms with Gasteiger partial charge in [0.15, 0.2) is 13.2 Å². The van der Waals surface area contributed by atoms with Gasteiger partial charge in [-0.25, -0.2) is 9.59 Å². The van der Waals surface area contributed by atoms with Crippen LogP contribution in [0.3, 0.4) is 0 Å². The number of esters is 2. The number of ether oxygens (including phenoxy) is 4. The Labute approximate surface area is 285 Å². The van der Waals surface area contributed by atoms with Crippen molar-refractivity contribution >= 4 is 33.5 Å². The Morgan fingerprint density at radius 2 is 0.918 bits per heavy atom. The number of benzene rings is 6. The van der Waals surface area contributed by atoms with E-state index in [1.807, 2.05) is 97.1 Å². The zero-order valence-electron chi connectivity index (χ0n) is 26.7. The summed E-state index contributed by atoms with van der Waals surface area (Å²) in [6.45, 7) is -0.336. The first-order valence-electron chi connectivity index (χ1n) is 15.7.